The first-order valence-electron chi connectivity index (χ1n) is 5.01. The van der Waals surface area contributed by atoms with Gasteiger partial charge in [-0.25, -0.2) is 4.79 Å². The normalized spacial score (nSPS) is 11.7. The molecule has 0 aliphatic carbocycles. The molecule has 1 aromatic rings. The smallest absolute Gasteiger partial charge is 0.328 e. The summed E-state index contributed by atoms with van der Waals surface area (Å²) in [6, 6.07) is 0. The Bertz CT molecular complexity index is 531. The average molecular weight is 222 g/mol. The molecular weight excluding hydrogens is 208 g/mol. The fourth-order valence-electron chi connectivity index (χ4n) is 1.06. The lowest BCUT2D eigenvalue weighted by Gasteiger charge is -1.99. The second kappa shape index (κ2) is 5.33. The van der Waals surface area contributed by atoms with E-state index in [0.29, 0.717) is 12.8 Å². The SMILES string of the molecule is CC[C@@H](O)CC#Cc1cn(C)c(=O)[nH]c1=O. The molecule has 0 aromatic carbocycles. The summed E-state index contributed by atoms with van der Waals surface area (Å²) in [4.78, 5) is 24.5. The minimum atomic E-state index is -0.499. The van der Waals surface area contributed by atoms with Crippen LogP contribution in [-0.2, 0) is 7.05 Å². The number of aliphatic hydroxyl groups excluding tert-OH is 1. The highest BCUT2D eigenvalue weighted by molar-refractivity contribution is 5.29. The van der Waals surface area contributed by atoms with Crippen LogP contribution in [-0.4, -0.2) is 20.8 Å². The predicted molar refractivity (Wildman–Crippen MR) is 60.1 cm³/mol. The summed E-state index contributed by atoms with van der Waals surface area (Å²) in [5, 5.41) is 9.26. The monoisotopic (exact) mass is 222 g/mol. The molecule has 0 radical (unpaired) electrons. The van der Waals surface area contributed by atoms with Gasteiger partial charge in [0, 0.05) is 19.7 Å². The van der Waals surface area contributed by atoms with Crippen molar-refractivity contribution in [1.82, 2.24) is 9.55 Å². The number of aromatic nitrogens is 2. The van der Waals surface area contributed by atoms with E-state index in [1.165, 1.54) is 17.8 Å². The van der Waals surface area contributed by atoms with Gasteiger partial charge in [-0.2, -0.15) is 0 Å². The fourth-order valence-corrected chi connectivity index (χ4v) is 1.06. The van der Waals surface area contributed by atoms with Gasteiger partial charge >= 0.3 is 5.69 Å². The third kappa shape index (κ3) is 3.11. The van der Waals surface area contributed by atoms with E-state index in [0.717, 1.165) is 0 Å². The Morgan fingerprint density at radius 2 is 2.25 bits per heavy atom. The minimum Gasteiger partial charge on any atom is -0.392 e. The van der Waals surface area contributed by atoms with Gasteiger partial charge in [-0.3, -0.25) is 9.78 Å². The highest BCUT2D eigenvalue weighted by Crippen LogP contribution is 1.94. The molecule has 1 rings (SSSR count). The number of aromatic amines is 1. The second-order valence-electron chi connectivity index (χ2n) is 3.48. The first-order chi connectivity index (χ1) is 7.54. The maximum Gasteiger partial charge on any atom is 0.328 e. The molecule has 0 unspecified atom stereocenters. The molecule has 2 N–H and O–H groups in total. The summed E-state index contributed by atoms with van der Waals surface area (Å²) >= 11 is 0. The zero-order valence-corrected chi connectivity index (χ0v) is 9.28. The maximum absolute atomic E-state index is 11.3. The van der Waals surface area contributed by atoms with Crippen molar-refractivity contribution in [2.75, 3.05) is 0 Å². The molecule has 1 heterocycles. The quantitative estimate of drug-likeness (QED) is 0.668. The molecule has 5 heteroatoms. The summed E-state index contributed by atoms with van der Waals surface area (Å²) in [7, 11) is 1.53. The molecule has 0 amide bonds. The van der Waals surface area contributed by atoms with Crippen molar-refractivity contribution in [3.05, 3.63) is 32.6 Å². The number of nitrogens with one attached hydrogen (secondary N) is 1. The molecule has 1 aromatic heterocycles. The van der Waals surface area contributed by atoms with E-state index in [2.05, 4.69) is 16.8 Å². The van der Waals surface area contributed by atoms with Crippen LogP contribution in [0.5, 0.6) is 0 Å². The Morgan fingerprint density at radius 3 is 2.88 bits per heavy atom. The number of nitrogens with zero attached hydrogens (tertiary/aromatic N) is 1. The molecule has 0 fully saturated rings. The van der Waals surface area contributed by atoms with E-state index in [9.17, 15) is 14.7 Å². The summed E-state index contributed by atoms with van der Waals surface area (Å²) in [6.07, 6.45) is 1.85. The van der Waals surface area contributed by atoms with E-state index in [-0.39, 0.29) is 5.56 Å². The Balaban J connectivity index is 2.94. The molecular formula is C11H14N2O3. The first kappa shape index (κ1) is 12.3. The number of hydrogen-bond acceptors (Lipinski definition) is 3. The maximum atomic E-state index is 11.3. The van der Waals surface area contributed by atoms with Crippen molar-refractivity contribution in [1.29, 1.82) is 0 Å². The number of aliphatic hydroxyl groups is 1. The van der Waals surface area contributed by atoms with Gasteiger partial charge in [0.05, 0.1) is 6.10 Å². The highest BCUT2D eigenvalue weighted by Gasteiger charge is 1.99. The van der Waals surface area contributed by atoms with Crippen LogP contribution in [0.15, 0.2) is 15.8 Å². The summed E-state index contributed by atoms with van der Waals surface area (Å²) in [5.41, 5.74) is -0.740. The van der Waals surface area contributed by atoms with Gasteiger partial charge in [-0.15, -0.1) is 0 Å². The van der Waals surface area contributed by atoms with Gasteiger partial charge in [-0.1, -0.05) is 18.8 Å². The number of aryl methyl sites for hydroxylation is 1. The lowest BCUT2D eigenvalue weighted by molar-refractivity contribution is 0.176. The fraction of sp³-hybridized carbons (Fsp3) is 0.455. The lowest BCUT2D eigenvalue weighted by atomic mass is 10.2. The predicted octanol–water partition coefficient (Wildman–Crippen LogP) is -0.414. The van der Waals surface area contributed by atoms with Crippen molar-refractivity contribution in [2.24, 2.45) is 7.05 Å². The van der Waals surface area contributed by atoms with Crippen LogP contribution in [0.3, 0.4) is 0 Å². The van der Waals surface area contributed by atoms with Crippen LogP contribution in [0.1, 0.15) is 25.3 Å². The molecule has 0 aliphatic heterocycles. The number of rotatable bonds is 2. The molecule has 16 heavy (non-hydrogen) atoms. The van der Waals surface area contributed by atoms with E-state index in [1.54, 1.807) is 0 Å². The zero-order valence-electron chi connectivity index (χ0n) is 9.28. The van der Waals surface area contributed by atoms with Crippen LogP contribution in [0.4, 0.5) is 0 Å². The van der Waals surface area contributed by atoms with E-state index in [1.807, 2.05) is 6.92 Å². The topological polar surface area (TPSA) is 75.1 Å². The molecule has 0 saturated carbocycles. The molecule has 0 saturated heterocycles. The van der Waals surface area contributed by atoms with Gasteiger partial charge in [0.2, 0.25) is 0 Å². The van der Waals surface area contributed by atoms with Gasteiger partial charge in [-0.05, 0) is 6.42 Å². The summed E-state index contributed by atoms with van der Waals surface area (Å²) in [5.74, 6) is 5.34. The standard InChI is InChI=1S/C11H14N2O3/c1-3-9(14)6-4-5-8-7-13(2)11(16)12-10(8)15/h7,9,14H,3,6H2,1-2H3,(H,12,15,16)/t9-/m1/s1. The molecule has 0 aliphatic rings. The van der Waals surface area contributed by atoms with Crippen LogP contribution in [0.25, 0.3) is 0 Å². The Morgan fingerprint density at radius 1 is 1.56 bits per heavy atom. The van der Waals surface area contributed by atoms with Gasteiger partial charge in [0.1, 0.15) is 5.56 Å². The molecule has 5 nitrogen and oxygen atoms in total. The van der Waals surface area contributed by atoms with Crippen LogP contribution in [0, 0.1) is 11.8 Å². The van der Waals surface area contributed by atoms with E-state index in [4.69, 9.17) is 0 Å². The Labute approximate surface area is 92.8 Å². The van der Waals surface area contributed by atoms with Gasteiger partial charge < -0.3 is 9.67 Å². The average Bonchev–Trinajstić information content (AvgIpc) is 2.25. The lowest BCUT2D eigenvalue weighted by Crippen LogP contribution is -2.29. The first-order valence-corrected chi connectivity index (χ1v) is 5.01. The van der Waals surface area contributed by atoms with Crippen LogP contribution < -0.4 is 11.2 Å². The van der Waals surface area contributed by atoms with Gasteiger partial charge in [0.25, 0.3) is 5.56 Å². The number of H-pyrrole nitrogens is 1. The molecule has 0 spiro atoms. The molecule has 1 atom stereocenters. The highest BCUT2D eigenvalue weighted by atomic mass is 16.3. The second-order valence-corrected chi connectivity index (χ2v) is 3.48. The summed E-state index contributed by atoms with van der Waals surface area (Å²) < 4.78 is 1.25. The zero-order chi connectivity index (χ0) is 12.1. The van der Waals surface area contributed by atoms with Crippen molar-refractivity contribution >= 4 is 0 Å². The Hall–Kier alpha value is -1.80. The van der Waals surface area contributed by atoms with Crippen LogP contribution >= 0.6 is 0 Å². The third-order valence-electron chi connectivity index (χ3n) is 2.14. The number of hydrogen-bond donors (Lipinski definition) is 2. The van der Waals surface area contributed by atoms with Crippen molar-refractivity contribution in [3.8, 4) is 11.8 Å². The summed E-state index contributed by atoms with van der Waals surface area (Å²) in [6.45, 7) is 1.85. The molecule has 86 valence electrons. The largest absolute Gasteiger partial charge is 0.392 e. The van der Waals surface area contributed by atoms with Gasteiger partial charge in [0.15, 0.2) is 0 Å². The van der Waals surface area contributed by atoms with Crippen molar-refractivity contribution in [2.45, 2.75) is 25.9 Å². The van der Waals surface area contributed by atoms with E-state index < -0.39 is 17.4 Å². The Kier molecular flexibility index (Phi) is 4.09. The van der Waals surface area contributed by atoms with Crippen molar-refractivity contribution < 1.29 is 5.11 Å². The van der Waals surface area contributed by atoms with Crippen LogP contribution in [0.2, 0.25) is 0 Å². The van der Waals surface area contributed by atoms with Crippen molar-refractivity contribution in [3.63, 3.8) is 0 Å². The van der Waals surface area contributed by atoms with E-state index >= 15 is 0 Å². The third-order valence-corrected chi connectivity index (χ3v) is 2.14. The molecule has 0 bridgehead atoms. The minimum absolute atomic E-state index is 0.227.